The van der Waals surface area contributed by atoms with Gasteiger partial charge < -0.3 is 33.8 Å². The van der Waals surface area contributed by atoms with Crippen molar-refractivity contribution in [1.82, 2.24) is 0 Å². The van der Waals surface area contributed by atoms with Crippen LogP contribution in [0.15, 0.2) is 0 Å². The van der Waals surface area contributed by atoms with E-state index in [0.29, 0.717) is 31.6 Å². The predicted molar refractivity (Wildman–Crippen MR) is 372 cm³/mol. The average Bonchev–Trinajstić information content (AvgIpc) is 2.73. The minimum atomic E-state index is -4.96. The van der Waals surface area contributed by atoms with Crippen LogP contribution in [-0.2, 0) is 65.4 Å². The molecule has 0 amide bonds. The fourth-order valence-corrected chi connectivity index (χ4v) is 12.5. The van der Waals surface area contributed by atoms with Crippen LogP contribution in [0.3, 0.4) is 0 Å². The molecule has 92 heavy (non-hydrogen) atoms. The molecule has 3 N–H and O–H groups in total. The molecule has 0 aromatic heterocycles. The molecular formula is C73H142O17P2. The van der Waals surface area contributed by atoms with E-state index < -0.39 is 97.5 Å². The van der Waals surface area contributed by atoms with Crippen LogP contribution in [-0.4, -0.2) is 96.7 Å². The van der Waals surface area contributed by atoms with Gasteiger partial charge in [-0.15, -0.1) is 0 Å². The highest BCUT2D eigenvalue weighted by atomic mass is 31.2. The summed E-state index contributed by atoms with van der Waals surface area (Å²) < 4.78 is 68.4. The summed E-state index contributed by atoms with van der Waals surface area (Å²) in [6.07, 6.45) is 45.9. The first-order chi connectivity index (χ1) is 44.2. The number of phosphoric acid groups is 2. The summed E-state index contributed by atoms with van der Waals surface area (Å²) in [5, 5.41) is 10.6. The van der Waals surface area contributed by atoms with Gasteiger partial charge in [-0.1, -0.05) is 312 Å². The first-order valence-electron chi connectivity index (χ1n) is 37.8. The quantitative estimate of drug-likeness (QED) is 0.0222. The summed E-state index contributed by atoms with van der Waals surface area (Å²) >= 11 is 0. The summed E-state index contributed by atoms with van der Waals surface area (Å²) in [7, 11) is -9.91. The molecule has 0 aromatic carbocycles. The van der Waals surface area contributed by atoms with Crippen LogP contribution in [0.25, 0.3) is 0 Å². The standard InChI is InChI=1S/C73H142O17P2/c1-9-65(7)51-43-35-26-20-15-13-11-12-14-16-21-28-37-45-53-70(75)83-59-68(90-73(78)56-48-40-30-24-23-27-36-44-52-66(8)10-2)61-87-91(79,80)85-57-67(74)58-86-92(81,82)88-62-69(60-84-71(76)54-46-38-32-31-34-42-50-64(5)6)89-72(77)55-47-39-29-22-18-17-19-25-33-41-49-63(3)4/h63-69,74H,9-62H2,1-8H3,(H,79,80)(H,81,82)/t65?,66?,67-,68-,69-/m1/s1. The first-order valence-corrected chi connectivity index (χ1v) is 40.8. The van der Waals surface area contributed by atoms with E-state index in [1.54, 1.807) is 0 Å². The zero-order valence-electron chi connectivity index (χ0n) is 60.2. The second-order valence-electron chi connectivity index (χ2n) is 27.8. The van der Waals surface area contributed by atoms with Gasteiger partial charge in [-0.05, 0) is 49.4 Å². The van der Waals surface area contributed by atoms with Gasteiger partial charge in [-0.25, -0.2) is 9.13 Å². The topological polar surface area (TPSA) is 237 Å². The molecule has 7 atom stereocenters. The summed E-state index contributed by atoms with van der Waals surface area (Å²) in [5.74, 6) is 0.923. The Labute approximate surface area is 562 Å². The van der Waals surface area contributed by atoms with Gasteiger partial charge in [0.15, 0.2) is 12.2 Å². The Morgan fingerprint density at radius 3 is 0.772 bits per heavy atom. The molecule has 0 aliphatic carbocycles. The van der Waals surface area contributed by atoms with E-state index in [0.717, 1.165) is 114 Å². The van der Waals surface area contributed by atoms with Gasteiger partial charge >= 0.3 is 39.5 Å². The van der Waals surface area contributed by atoms with Crippen molar-refractivity contribution in [2.45, 2.75) is 382 Å². The average molecular weight is 1350 g/mol. The molecule has 0 saturated carbocycles. The molecule has 19 heteroatoms. The molecule has 0 saturated heterocycles. The molecule has 0 radical (unpaired) electrons. The van der Waals surface area contributed by atoms with E-state index >= 15 is 0 Å². The molecule has 17 nitrogen and oxygen atoms in total. The zero-order chi connectivity index (χ0) is 68.2. The summed E-state index contributed by atoms with van der Waals surface area (Å²) in [4.78, 5) is 72.6. The highest BCUT2D eigenvalue weighted by Crippen LogP contribution is 2.45. The number of hydrogen-bond donors (Lipinski definition) is 3. The number of aliphatic hydroxyl groups excluding tert-OH is 1. The Bertz CT molecular complexity index is 1820. The molecule has 0 heterocycles. The normalized spacial score (nSPS) is 14.8. The largest absolute Gasteiger partial charge is 0.472 e. The van der Waals surface area contributed by atoms with Crippen molar-refractivity contribution >= 4 is 39.5 Å². The van der Waals surface area contributed by atoms with Gasteiger partial charge in [0.25, 0.3) is 0 Å². The van der Waals surface area contributed by atoms with Gasteiger partial charge in [0, 0.05) is 25.7 Å². The molecule has 0 fully saturated rings. The number of esters is 4. The number of aliphatic hydroxyl groups is 1. The number of hydrogen-bond acceptors (Lipinski definition) is 15. The third-order valence-corrected chi connectivity index (χ3v) is 19.4. The van der Waals surface area contributed by atoms with Crippen LogP contribution in [0.5, 0.6) is 0 Å². The first kappa shape index (κ1) is 90.1. The molecule has 0 rings (SSSR count). The van der Waals surface area contributed by atoms with E-state index in [1.807, 2.05) is 0 Å². The molecule has 0 aliphatic rings. The SMILES string of the molecule is CCC(C)CCCCCCCCCCCCCCCCC(=O)OC[C@H](COP(=O)(O)OC[C@@H](O)COP(=O)(O)OC[C@@H](COC(=O)CCCCCCCCC(C)C)OC(=O)CCCCCCCCCCCCC(C)C)OC(=O)CCCCCCCCCCC(C)CC. The van der Waals surface area contributed by atoms with Crippen LogP contribution < -0.4 is 0 Å². The Balaban J connectivity index is 5.22. The van der Waals surface area contributed by atoms with Gasteiger partial charge in [-0.2, -0.15) is 0 Å². The van der Waals surface area contributed by atoms with Crippen molar-refractivity contribution in [3.8, 4) is 0 Å². The summed E-state index contributed by atoms with van der Waals surface area (Å²) in [5.41, 5.74) is 0. The number of ether oxygens (including phenoxy) is 4. The van der Waals surface area contributed by atoms with E-state index in [1.165, 1.54) is 161 Å². The third kappa shape index (κ3) is 64.1. The summed E-state index contributed by atoms with van der Waals surface area (Å²) in [6.45, 7) is 14.1. The Hall–Kier alpha value is -1.94. The highest BCUT2D eigenvalue weighted by Gasteiger charge is 2.30. The number of carbonyl (C=O) groups excluding carboxylic acids is 4. The highest BCUT2D eigenvalue weighted by molar-refractivity contribution is 7.47. The maximum Gasteiger partial charge on any atom is 0.472 e. The maximum atomic E-state index is 13.0. The second-order valence-corrected chi connectivity index (χ2v) is 30.7. The van der Waals surface area contributed by atoms with Gasteiger partial charge in [0.1, 0.15) is 19.3 Å². The lowest BCUT2D eigenvalue weighted by Gasteiger charge is -2.21. The van der Waals surface area contributed by atoms with Crippen molar-refractivity contribution in [2.75, 3.05) is 39.6 Å². The molecule has 546 valence electrons. The smallest absolute Gasteiger partial charge is 0.462 e. The van der Waals surface area contributed by atoms with Crippen molar-refractivity contribution in [3.05, 3.63) is 0 Å². The number of unbranched alkanes of at least 4 members (excludes halogenated alkanes) is 34. The molecule has 4 unspecified atom stereocenters. The van der Waals surface area contributed by atoms with Crippen LogP contribution in [0.4, 0.5) is 0 Å². The van der Waals surface area contributed by atoms with E-state index in [4.69, 9.17) is 37.0 Å². The van der Waals surface area contributed by atoms with Crippen LogP contribution in [0, 0.1) is 23.7 Å². The number of carbonyl (C=O) groups is 4. The van der Waals surface area contributed by atoms with E-state index in [9.17, 15) is 43.2 Å². The minimum absolute atomic E-state index is 0.104. The lowest BCUT2D eigenvalue weighted by atomic mass is 9.99. The predicted octanol–water partition coefficient (Wildman–Crippen LogP) is 20.9. The number of rotatable bonds is 70. The fraction of sp³-hybridized carbons (Fsp3) is 0.945. The Morgan fingerprint density at radius 1 is 0.304 bits per heavy atom. The molecule has 0 bridgehead atoms. The van der Waals surface area contributed by atoms with Gasteiger partial charge in [-0.3, -0.25) is 37.3 Å². The van der Waals surface area contributed by atoms with Crippen LogP contribution in [0.1, 0.15) is 364 Å². The minimum Gasteiger partial charge on any atom is -0.462 e. The van der Waals surface area contributed by atoms with Crippen molar-refractivity contribution in [2.24, 2.45) is 23.7 Å². The van der Waals surface area contributed by atoms with Crippen molar-refractivity contribution in [3.63, 3.8) is 0 Å². The third-order valence-electron chi connectivity index (χ3n) is 17.5. The van der Waals surface area contributed by atoms with Gasteiger partial charge in [0.2, 0.25) is 0 Å². The van der Waals surface area contributed by atoms with Gasteiger partial charge in [0.05, 0.1) is 26.4 Å². The Kier molecular flexibility index (Phi) is 61.3. The molecule has 0 aromatic rings. The number of phosphoric ester groups is 2. The second kappa shape index (κ2) is 62.6. The molecular weight excluding hydrogens is 1210 g/mol. The summed E-state index contributed by atoms with van der Waals surface area (Å²) in [6, 6.07) is 0. The lowest BCUT2D eigenvalue weighted by Crippen LogP contribution is -2.30. The van der Waals surface area contributed by atoms with Crippen LogP contribution in [0.2, 0.25) is 0 Å². The van der Waals surface area contributed by atoms with Crippen LogP contribution >= 0.6 is 15.6 Å². The molecule has 0 aliphatic heterocycles. The molecule has 0 spiro atoms. The fourth-order valence-electron chi connectivity index (χ4n) is 11.0. The maximum absolute atomic E-state index is 13.0. The van der Waals surface area contributed by atoms with Crippen molar-refractivity contribution < 1.29 is 80.2 Å². The van der Waals surface area contributed by atoms with E-state index in [2.05, 4.69) is 55.4 Å². The lowest BCUT2D eigenvalue weighted by molar-refractivity contribution is -0.161. The van der Waals surface area contributed by atoms with E-state index in [-0.39, 0.29) is 25.7 Å². The van der Waals surface area contributed by atoms with Crippen molar-refractivity contribution in [1.29, 1.82) is 0 Å². The Morgan fingerprint density at radius 2 is 0.522 bits per heavy atom. The monoisotopic (exact) mass is 1350 g/mol. The zero-order valence-corrected chi connectivity index (χ0v) is 62.0.